The number of piperazine rings is 1. The monoisotopic (exact) mass is 343 g/mol. The topological polar surface area (TPSA) is 79.0 Å². The maximum Gasteiger partial charge on any atom is 0.242 e. The maximum atomic E-state index is 12.5. The predicted octanol–water partition coefficient (Wildman–Crippen LogP) is -0.609. The molecule has 0 aromatic rings. The number of ether oxygens (including phenoxy) is 1. The molecular formula is C15H22ClN3O4. The number of amides is 3. The van der Waals surface area contributed by atoms with Gasteiger partial charge in [0.05, 0.1) is 24.0 Å². The minimum Gasteiger partial charge on any atom is -0.373 e. The average molecular weight is 344 g/mol. The van der Waals surface area contributed by atoms with Crippen molar-refractivity contribution in [3.63, 3.8) is 0 Å². The van der Waals surface area contributed by atoms with Crippen LogP contribution < -0.4 is 5.32 Å². The molecule has 128 valence electrons. The Morgan fingerprint density at radius 3 is 2.39 bits per heavy atom. The molecule has 5 unspecified atom stereocenters. The van der Waals surface area contributed by atoms with Crippen molar-refractivity contribution in [2.24, 2.45) is 11.8 Å². The molecule has 4 aliphatic heterocycles. The van der Waals surface area contributed by atoms with Crippen molar-refractivity contribution < 1.29 is 19.1 Å². The molecule has 0 aliphatic carbocycles. The summed E-state index contributed by atoms with van der Waals surface area (Å²) in [4.78, 5) is 40.3. The van der Waals surface area contributed by atoms with Crippen LogP contribution in [0, 0.1) is 11.8 Å². The highest BCUT2D eigenvalue weighted by Gasteiger charge is 2.62. The molecule has 4 saturated heterocycles. The van der Waals surface area contributed by atoms with E-state index < -0.39 is 0 Å². The highest BCUT2D eigenvalue weighted by Crippen LogP contribution is 2.48. The number of hydrogen-bond donors (Lipinski definition) is 1. The van der Waals surface area contributed by atoms with Gasteiger partial charge in [-0.1, -0.05) is 0 Å². The van der Waals surface area contributed by atoms with Crippen LogP contribution in [-0.2, 0) is 19.1 Å². The average Bonchev–Trinajstić information content (AvgIpc) is 3.17. The summed E-state index contributed by atoms with van der Waals surface area (Å²) in [7, 11) is 0. The number of hydrogen-bond acceptors (Lipinski definition) is 5. The first-order valence-corrected chi connectivity index (χ1v) is 8.08. The molecule has 4 fully saturated rings. The number of likely N-dealkylation sites (tertiary alicyclic amines) is 1. The van der Waals surface area contributed by atoms with E-state index in [1.54, 1.807) is 4.90 Å². The number of nitrogens with zero attached hydrogens (tertiary/aromatic N) is 2. The zero-order valence-electron chi connectivity index (χ0n) is 13.1. The van der Waals surface area contributed by atoms with Crippen LogP contribution in [0.15, 0.2) is 0 Å². The summed E-state index contributed by atoms with van der Waals surface area (Å²) >= 11 is 0. The van der Waals surface area contributed by atoms with Crippen molar-refractivity contribution in [3.8, 4) is 0 Å². The molecule has 23 heavy (non-hydrogen) atoms. The Balaban J connectivity index is 0.00000156. The van der Waals surface area contributed by atoms with Gasteiger partial charge in [-0.2, -0.15) is 0 Å². The normalized spacial score (nSPS) is 38.7. The number of halogens is 1. The molecule has 4 rings (SSSR count). The Labute approximate surface area is 141 Å². The van der Waals surface area contributed by atoms with Crippen molar-refractivity contribution in [3.05, 3.63) is 0 Å². The molecule has 0 aromatic heterocycles. The first kappa shape index (κ1) is 16.7. The van der Waals surface area contributed by atoms with Gasteiger partial charge in [-0.3, -0.25) is 19.3 Å². The number of fused-ring (bicyclic) bond motifs is 5. The highest BCUT2D eigenvalue weighted by atomic mass is 35.5. The lowest BCUT2D eigenvalue weighted by atomic mass is 9.81. The molecule has 4 heterocycles. The number of nitrogens with one attached hydrogen (secondary N) is 1. The summed E-state index contributed by atoms with van der Waals surface area (Å²) < 4.78 is 5.69. The van der Waals surface area contributed by atoms with E-state index in [1.807, 2.05) is 6.92 Å². The molecule has 2 bridgehead atoms. The summed E-state index contributed by atoms with van der Waals surface area (Å²) in [6, 6.07) is 0.242. The minimum atomic E-state index is -0.346. The molecule has 0 radical (unpaired) electrons. The van der Waals surface area contributed by atoms with Gasteiger partial charge in [0.2, 0.25) is 17.7 Å². The van der Waals surface area contributed by atoms with Gasteiger partial charge >= 0.3 is 0 Å². The second-order valence-corrected chi connectivity index (χ2v) is 6.80. The molecule has 7 nitrogen and oxygen atoms in total. The fraction of sp³-hybridized carbons (Fsp3) is 0.800. The standard InChI is InChI=1S/C15H21N3O4.ClH/c1-8-6-17(5-4-16-8)11(19)7-18-14(20)12-9-2-3-10(22-9)13(12)15(18)21;/h8-10,12-13,16H,2-7H2,1H3;1H. The van der Waals surface area contributed by atoms with Gasteiger partial charge in [0.15, 0.2) is 0 Å². The predicted molar refractivity (Wildman–Crippen MR) is 82.9 cm³/mol. The van der Waals surface area contributed by atoms with Crippen molar-refractivity contribution in [1.29, 1.82) is 0 Å². The first-order chi connectivity index (χ1) is 10.6. The van der Waals surface area contributed by atoms with Gasteiger partial charge in [0.1, 0.15) is 6.54 Å². The second-order valence-electron chi connectivity index (χ2n) is 6.80. The third-order valence-corrected chi connectivity index (χ3v) is 5.39. The van der Waals surface area contributed by atoms with Crippen LogP contribution in [0.3, 0.4) is 0 Å². The second kappa shape index (κ2) is 6.03. The lowest BCUT2D eigenvalue weighted by Crippen LogP contribution is -2.54. The van der Waals surface area contributed by atoms with E-state index in [2.05, 4.69) is 5.32 Å². The van der Waals surface area contributed by atoms with Gasteiger partial charge < -0.3 is 15.0 Å². The van der Waals surface area contributed by atoms with E-state index in [0.717, 1.165) is 19.4 Å². The van der Waals surface area contributed by atoms with Crippen LogP contribution in [0.25, 0.3) is 0 Å². The summed E-state index contributed by atoms with van der Waals surface area (Å²) in [5.74, 6) is -1.25. The van der Waals surface area contributed by atoms with Crippen LogP contribution in [-0.4, -0.2) is 72.0 Å². The molecule has 5 atom stereocenters. The molecule has 1 N–H and O–H groups in total. The minimum absolute atomic E-state index is 0. The van der Waals surface area contributed by atoms with E-state index in [0.29, 0.717) is 13.1 Å². The highest BCUT2D eigenvalue weighted by molar-refractivity contribution is 6.08. The van der Waals surface area contributed by atoms with E-state index >= 15 is 0 Å². The zero-order valence-corrected chi connectivity index (χ0v) is 13.9. The summed E-state index contributed by atoms with van der Waals surface area (Å²) in [6.45, 7) is 3.90. The summed E-state index contributed by atoms with van der Waals surface area (Å²) in [6.07, 6.45) is 1.46. The molecule has 0 aromatic carbocycles. The van der Waals surface area contributed by atoms with Gasteiger partial charge in [0, 0.05) is 25.7 Å². The SMILES string of the molecule is CC1CN(C(=O)CN2C(=O)C3C4CCC(O4)C3C2=O)CCN1.Cl. The van der Waals surface area contributed by atoms with Gasteiger partial charge in [-0.05, 0) is 19.8 Å². The Hall–Kier alpha value is -1.18. The maximum absolute atomic E-state index is 12.5. The largest absolute Gasteiger partial charge is 0.373 e. The molecule has 0 spiro atoms. The van der Waals surface area contributed by atoms with E-state index in [1.165, 1.54) is 4.90 Å². The summed E-state index contributed by atoms with van der Waals surface area (Å²) in [5, 5.41) is 3.27. The zero-order chi connectivity index (χ0) is 15.4. The molecular weight excluding hydrogens is 322 g/mol. The lowest BCUT2D eigenvalue weighted by Gasteiger charge is -2.32. The van der Waals surface area contributed by atoms with E-state index in [9.17, 15) is 14.4 Å². The fourth-order valence-electron chi connectivity index (χ4n) is 4.32. The van der Waals surface area contributed by atoms with Crippen LogP contribution in [0.2, 0.25) is 0 Å². The Bertz CT molecular complexity index is 515. The Morgan fingerprint density at radius 1 is 1.22 bits per heavy atom. The third kappa shape index (κ3) is 2.55. The van der Waals surface area contributed by atoms with Gasteiger partial charge in [-0.15, -0.1) is 12.4 Å². The Kier molecular flexibility index (Phi) is 4.37. The molecule has 3 amide bonds. The van der Waals surface area contributed by atoms with Crippen LogP contribution >= 0.6 is 12.4 Å². The Morgan fingerprint density at radius 2 is 1.83 bits per heavy atom. The van der Waals surface area contributed by atoms with Crippen molar-refractivity contribution in [2.75, 3.05) is 26.2 Å². The lowest BCUT2D eigenvalue weighted by molar-refractivity contribution is -0.148. The summed E-state index contributed by atoms with van der Waals surface area (Å²) in [5.41, 5.74) is 0. The van der Waals surface area contributed by atoms with E-state index in [-0.39, 0.29) is 66.8 Å². The fourth-order valence-corrected chi connectivity index (χ4v) is 4.32. The third-order valence-electron chi connectivity index (χ3n) is 5.39. The van der Waals surface area contributed by atoms with Crippen molar-refractivity contribution in [1.82, 2.24) is 15.1 Å². The molecule has 4 aliphatic rings. The molecule has 8 heteroatoms. The van der Waals surface area contributed by atoms with E-state index in [4.69, 9.17) is 4.74 Å². The van der Waals surface area contributed by atoms with Crippen molar-refractivity contribution >= 4 is 30.1 Å². The number of carbonyl (C=O) groups excluding carboxylic acids is 3. The quantitative estimate of drug-likeness (QED) is 0.677. The van der Waals surface area contributed by atoms with Gasteiger partial charge in [-0.25, -0.2) is 0 Å². The number of imide groups is 1. The van der Waals surface area contributed by atoms with Crippen LogP contribution in [0.1, 0.15) is 19.8 Å². The molecule has 0 saturated carbocycles. The van der Waals surface area contributed by atoms with Gasteiger partial charge in [0.25, 0.3) is 0 Å². The van der Waals surface area contributed by atoms with Crippen LogP contribution in [0.5, 0.6) is 0 Å². The van der Waals surface area contributed by atoms with Crippen LogP contribution in [0.4, 0.5) is 0 Å². The van der Waals surface area contributed by atoms with Crippen molar-refractivity contribution in [2.45, 2.75) is 38.0 Å². The first-order valence-electron chi connectivity index (χ1n) is 8.08. The smallest absolute Gasteiger partial charge is 0.242 e. The number of carbonyl (C=O) groups is 3. The number of rotatable bonds is 2.